The summed E-state index contributed by atoms with van der Waals surface area (Å²) >= 11 is 7.64. The molecule has 0 saturated heterocycles. The lowest BCUT2D eigenvalue weighted by molar-refractivity contribution is 0.199. The molecule has 0 aliphatic carbocycles. The number of rotatable bonds is 7. The molecule has 0 bridgehead atoms. The summed E-state index contributed by atoms with van der Waals surface area (Å²) in [5.74, 6) is 0. The standard InChI is InChI=1S/C16H19ClN2OS/c1-12-8-13(10-18-6-7-20-2)11-19-16(12)21-15-5-3-4-14(17)9-15/h3-5,8-9,11,18H,6-7,10H2,1-2H3. The number of hydrogen-bond donors (Lipinski definition) is 1. The summed E-state index contributed by atoms with van der Waals surface area (Å²) in [5.41, 5.74) is 2.35. The molecule has 2 rings (SSSR count). The number of methoxy groups -OCH3 is 1. The van der Waals surface area contributed by atoms with E-state index in [2.05, 4.69) is 23.3 Å². The molecule has 0 atom stereocenters. The molecule has 0 amide bonds. The Morgan fingerprint density at radius 2 is 2.19 bits per heavy atom. The van der Waals surface area contributed by atoms with Crippen molar-refractivity contribution in [2.45, 2.75) is 23.4 Å². The summed E-state index contributed by atoms with van der Waals surface area (Å²) in [7, 11) is 1.70. The second-order valence-corrected chi connectivity index (χ2v) is 6.19. The van der Waals surface area contributed by atoms with E-state index in [9.17, 15) is 0 Å². The van der Waals surface area contributed by atoms with Gasteiger partial charge in [0, 0.05) is 36.3 Å². The van der Waals surface area contributed by atoms with Gasteiger partial charge in [-0.1, -0.05) is 35.5 Å². The van der Waals surface area contributed by atoms with Crippen molar-refractivity contribution in [1.82, 2.24) is 10.3 Å². The van der Waals surface area contributed by atoms with Crippen LogP contribution in [0, 0.1) is 6.92 Å². The van der Waals surface area contributed by atoms with Crippen LogP contribution < -0.4 is 5.32 Å². The molecule has 0 fully saturated rings. The highest BCUT2D eigenvalue weighted by Gasteiger charge is 2.05. The Morgan fingerprint density at radius 3 is 2.90 bits per heavy atom. The largest absolute Gasteiger partial charge is 0.383 e. The molecule has 1 heterocycles. The van der Waals surface area contributed by atoms with Crippen molar-refractivity contribution in [2.75, 3.05) is 20.3 Å². The van der Waals surface area contributed by atoms with Gasteiger partial charge in [0.1, 0.15) is 5.03 Å². The van der Waals surface area contributed by atoms with E-state index in [1.54, 1.807) is 18.9 Å². The van der Waals surface area contributed by atoms with Crippen LogP contribution >= 0.6 is 23.4 Å². The zero-order chi connectivity index (χ0) is 15.1. The van der Waals surface area contributed by atoms with Crippen molar-refractivity contribution in [3.05, 3.63) is 52.7 Å². The van der Waals surface area contributed by atoms with Gasteiger partial charge >= 0.3 is 0 Å². The van der Waals surface area contributed by atoms with E-state index in [-0.39, 0.29) is 0 Å². The summed E-state index contributed by atoms with van der Waals surface area (Å²) in [6.45, 7) is 4.45. The van der Waals surface area contributed by atoms with E-state index in [0.29, 0.717) is 0 Å². The molecule has 1 N–H and O–H groups in total. The Kier molecular flexibility index (Phi) is 6.51. The number of benzene rings is 1. The van der Waals surface area contributed by atoms with Gasteiger partial charge in [-0.3, -0.25) is 0 Å². The minimum Gasteiger partial charge on any atom is -0.383 e. The zero-order valence-electron chi connectivity index (χ0n) is 12.2. The van der Waals surface area contributed by atoms with Crippen molar-refractivity contribution in [3.8, 4) is 0 Å². The molecule has 2 aromatic rings. The molecule has 0 radical (unpaired) electrons. The summed E-state index contributed by atoms with van der Waals surface area (Å²) in [4.78, 5) is 5.65. The van der Waals surface area contributed by atoms with Gasteiger partial charge in [0.05, 0.1) is 6.61 Å². The Hall–Kier alpha value is -1.07. The van der Waals surface area contributed by atoms with Crippen LogP contribution in [0.25, 0.3) is 0 Å². The highest BCUT2D eigenvalue weighted by atomic mass is 35.5. The second kappa shape index (κ2) is 8.39. The first-order chi connectivity index (χ1) is 10.2. The van der Waals surface area contributed by atoms with Gasteiger partial charge in [-0.15, -0.1) is 0 Å². The minimum atomic E-state index is 0.717. The minimum absolute atomic E-state index is 0.717. The fourth-order valence-electron chi connectivity index (χ4n) is 1.87. The fourth-order valence-corrected chi connectivity index (χ4v) is 3.01. The van der Waals surface area contributed by atoms with Gasteiger partial charge in [-0.25, -0.2) is 4.98 Å². The highest BCUT2D eigenvalue weighted by molar-refractivity contribution is 7.99. The zero-order valence-corrected chi connectivity index (χ0v) is 13.8. The first-order valence-electron chi connectivity index (χ1n) is 6.77. The topological polar surface area (TPSA) is 34.1 Å². The Balaban J connectivity index is 1.98. The lowest BCUT2D eigenvalue weighted by Gasteiger charge is -2.08. The first-order valence-corrected chi connectivity index (χ1v) is 7.97. The quantitative estimate of drug-likeness (QED) is 0.783. The molecule has 112 valence electrons. The fraction of sp³-hybridized carbons (Fsp3) is 0.312. The molecule has 1 aromatic carbocycles. The van der Waals surface area contributed by atoms with Crippen LogP contribution in [0.2, 0.25) is 5.02 Å². The third-order valence-electron chi connectivity index (χ3n) is 2.91. The molecular formula is C16H19ClN2OS. The summed E-state index contributed by atoms with van der Waals surface area (Å²) in [6.07, 6.45) is 1.92. The predicted octanol–water partition coefficient (Wildman–Crippen LogP) is 3.93. The first kappa shape index (κ1) is 16.3. The predicted molar refractivity (Wildman–Crippen MR) is 88.1 cm³/mol. The van der Waals surface area contributed by atoms with Crippen LogP contribution in [0.5, 0.6) is 0 Å². The number of ether oxygens (including phenoxy) is 1. The van der Waals surface area contributed by atoms with Crippen LogP contribution in [-0.2, 0) is 11.3 Å². The Bertz CT molecular complexity index is 592. The second-order valence-electron chi connectivity index (χ2n) is 4.69. The molecule has 0 aliphatic rings. The monoisotopic (exact) mass is 322 g/mol. The number of aromatic nitrogens is 1. The summed E-state index contributed by atoms with van der Waals surface area (Å²) in [5, 5.41) is 5.08. The number of hydrogen-bond acceptors (Lipinski definition) is 4. The van der Waals surface area contributed by atoms with Gasteiger partial charge in [0.15, 0.2) is 0 Å². The van der Waals surface area contributed by atoms with E-state index in [0.717, 1.165) is 34.6 Å². The van der Waals surface area contributed by atoms with Crippen LogP contribution in [0.15, 0.2) is 46.5 Å². The van der Waals surface area contributed by atoms with Crippen molar-refractivity contribution >= 4 is 23.4 Å². The van der Waals surface area contributed by atoms with E-state index in [1.165, 1.54) is 11.1 Å². The maximum absolute atomic E-state index is 6.01. The summed E-state index contributed by atoms with van der Waals surface area (Å²) < 4.78 is 5.01. The maximum atomic E-state index is 6.01. The van der Waals surface area contributed by atoms with Gasteiger partial charge in [-0.05, 0) is 36.2 Å². The SMILES string of the molecule is COCCNCc1cnc(Sc2cccc(Cl)c2)c(C)c1. The molecule has 0 saturated carbocycles. The van der Waals surface area contributed by atoms with E-state index < -0.39 is 0 Å². The van der Waals surface area contributed by atoms with Gasteiger partial charge < -0.3 is 10.1 Å². The molecule has 3 nitrogen and oxygen atoms in total. The van der Waals surface area contributed by atoms with Crippen molar-refractivity contribution < 1.29 is 4.74 Å². The molecule has 0 unspecified atom stereocenters. The summed E-state index contributed by atoms with van der Waals surface area (Å²) in [6, 6.07) is 9.99. The van der Waals surface area contributed by atoms with E-state index in [1.807, 2.05) is 30.5 Å². The number of aryl methyl sites for hydroxylation is 1. The lowest BCUT2D eigenvalue weighted by Crippen LogP contribution is -2.18. The third kappa shape index (κ3) is 5.32. The van der Waals surface area contributed by atoms with Crippen LogP contribution in [0.1, 0.15) is 11.1 Å². The van der Waals surface area contributed by atoms with Gasteiger partial charge in [0.25, 0.3) is 0 Å². The average molecular weight is 323 g/mol. The molecule has 1 aromatic heterocycles. The number of nitrogens with one attached hydrogen (secondary N) is 1. The van der Waals surface area contributed by atoms with Gasteiger partial charge in [0.2, 0.25) is 0 Å². The third-order valence-corrected chi connectivity index (χ3v) is 4.26. The average Bonchev–Trinajstić information content (AvgIpc) is 2.46. The van der Waals surface area contributed by atoms with Crippen molar-refractivity contribution in [3.63, 3.8) is 0 Å². The normalized spacial score (nSPS) is 10.8. The van der Waals surface area contributed by atoms with Crippen LogP contribution in [-0.4, -0.2) is 25.2 Å². The Morgan fingerprint density at radius 1 is 1.33 bits per heavy atom. The molecule has 0 aliphatic heterocycles. The van der Waals surface area contributed by atoms with Crippen LogP contribution in [0.3, 0.4) is 0 Å². The number of pyridine rings is 1. The van der Waals surface area contributed by atoms with E-state index in [4.69, 9.17) is 16.3 Å². The van der Waals surface area contributed by atoms with E-state index >= 15 is 0 Å². The maximum Gasteiger partial charge on any atom is 0.104 e. The molecule has 0 spiro atoms. The van der Waals surface area contributed by atoms with Crippen LogP contribution in [0.4, 0.5) is 0 Å². The van der Waals surface area contributed by atoms with Gasteiger partial charge in [-0.2, -0.15) is 0 Å². The molecule has 21 heavy (non-hydrogen) atoms. The molecule has 5 heteroatoms. The number of nitrogens with zero attached hydrogens (tertiary/aromatic N) is 1. The van der Waals surface area contributed by atoms with Crippen molar-refractivity contribution in [2.24, 2.45) is 0 Å². The highest BCUT2D eigenvalue weighted by Crippen LogP contribution is 2.30. The van der Waals surface area contributed by atoms with Crippen molar-refractivity contribution in [1.29, 1.82) is 0 Å². The Labute approximate surface area is 135 Å². The lowest BCUT2D eigenvalue weighted by atomic mass is 10.2. The molecular weight excluding hydrogens is 304 g/mol. The number of halogens is 1. The smallest absolute Gasteiger partial charge is 0.104 e.